The van der Waals surface area contributed by atoms with Gasteiger partial charge in [0, 0.05) is 21.1 Å². The van der Waals surface area contributed by atoms with Crippen LogP contribution in [0.4, 0.5) is 5.82 Å². The summed E-state index contributed by atoms with van der Waals surface area (Å²) in [7, 11) is 0. The number of hydrogen-bond donors (Lipinski definition) is 1. The molecule has 1 heterocycles. The van der Waals surface area contributed by atoms with Crippen LogP contribution >= 0.6 is 15.9 Å². The molecule has 20 heavy (non-hydrogen) atoms. The molecule has 4 rings (SSSR count). The van der Waals surface area contributed by atoms with Crippen molar-refractivity contribution in [3.63, 3.8) is 0 Å². The van der Waals surface area contributed by atoms with Crippen LogP contribution in [-0.2, 0) is 12.8 Å². The Bertz CT molecular complexity index is 820. The van der Waals surface area contributed by atoms with Gasteiger partial charge in [-0.2, -0.15) is 5.10 Å². The standard InChI is InChI=1S/C16H14BrN3/c17-13-8-9-15(11-5-2-1-4-10(11)13)20-14-7-3-6-12(14)16(18)19-20/h1-2,4-5,8-9H,3,6-7H2,(H2,18,19). The van der Waals surface area contributed by atoms with Crippen LogP contribution < -0.4 is 5.73 Å². The van der Waals surface area contributed by atoms with Gasteiger partial charge in [0.25, 0.3) is 0 Å². The van der Waals surface area contributed by atoms with E-state index in [-0.39, 0.29) is 0 Å². The lowest BCUT2D eigenvalue weighted by Crippen LogP contribution is -2.02. The van der Waals surface area contributed by atoms with Gasteiger partial charge in [0.15, 0.2) is 0 Å². The minimum Gasteiger partial charge on any atom is -0.382 e. The highest BCUT2D eigenvalue weighted by molar-refractivity contribution is 9.10. The number of rotatable bonds is 1. The summed E-state index contributed by atoms with van der Waals surface area (Å²) in [6.45, 7) is 0. The van der Waals surface area contributed by atoms with Gasteiger partial charge in [-0.3, -0.25) is 0 Å². The topological polar surface area (TPSA) is 43.8 Å². The van der Waals surface area contributed by atoms with E-state index in [9.17, 15) is 0 Å². The number of halogens is 1. The Balaban J connectivity index is 2.05. The van der Waals surface area contributed by atoms with Crippen molar-refractivity contribution in [1.29, 1.82) is 0 Å². The zero-order valence-electron chi connectivity index (χ0n) is 10.9. The molecule has 0 saturated carbocycles. The molecular formula is C16H14BrN3. The molecule has 2 aromatic carbocycles. The van der Waals surface area contributed by atoms with E-state index in [2.05, 4.69) is 57.4 Å². The fourth-order valence-corrected chi connectivity index (χ4v) is 3.57. The first-order valence-electron chi connectivity index (χ1n) is 6.79. The van der Waals surface area contributed by atoms with Crippen LogP contribution in [0, 0.1) is 0 Å². The predicted molar refractivity (Wildman–Crippen MR) is 85.2 cm³/mol. The highest BCUT2D eigenvalue weighted by Gasteiger charge is 2.22. The molecule has 1 aliphatic rings. The van der Waals surface area contributed by atoms with Gasteiger partial charge >= 0.3 is 0 Å². The molecule has 0 spiro atoms. The molecule has 0 bridgehead atoms. The number of fused-ring (bicyclic) bond motifs is 2. The maximum absolute atomic E-state index is 6.06. The smallest absolute Gasteiger partial charge is 0.149 e. The summed E-state index contributed by atoms with van der Waals surface area (Å²) in [6.07, 6.45) is 3.28. The van der Waals surface area contributed by atoms with Gasteiger partial charge in [-0.15, -0.1) is 0 Å². The molecule has 0 atom stereocenters. The van der Waals surface area contributed by atoms with Gasteiger partial charge in [0.1, 0.15) is 5.82 Å². The summed E-state index contributed by atoms with van der Waals surface area (Å²) in [5.74, 6) is 0.685. The number of anilines is 1. The Kier molecular flexibility index (Phi) is 2.60. The molecule has 0 radical (unpaired) electrons. The lowest BCUT2D eigenvalue weighted by atomic mass is 10.1. The Morgan fingerprint density at radius 3 is 2.70 bits per heavy atom. The molecule has 2 N–H and O–H groups in total. The highest BCUT2D eigenvalue weighted by atomic mass is 79.9. The summed E-state index contributed by atoms with van der Waals surface area (Å²) >= 11 is 3.62. The number of nitrogen functional groups attached to an aromatic ring is 1. The molecule has 0 amide bonds. The van der Waals surface area contributed by atoms with E-state index >= 15 is 0 Å². The summed E-state index contributed by atoms with van der Waals surface area (Å²) < 4.78 is 3.14. The van der Waals surface area contributed by atoms with E-state index < -0.39 is 0 Å². The first-order chi connectivity index (χ1) is 9.75. The van der Waals surface area contributed by atoms with Crippen LogP contribution in [-0.4, -0.2) is 9.78 Å². The van der Waals surface area contributed by atoms with Crippen LogP contribution in [0.25, 0.3) is 16.5 Å². The molecule has 0 saturated heterocycles. The number of hydrogen-bond acceptors (Lipinski definition) is 2. The van der Waals surface area contributed by atoms with E-state index in [0.717, 1.165) is 23.0 Å². The van der Waals surface area contributed by atoms with Crippen LogP contribution in [0.5, 0.6) is 0 Å². The van der Waals surface area contributed by atoms with Crippen LogP contribution in [0.15, 0.2) is 40.9 Å². The molecule has 3 nitrogen and oxygen atoms in total. The van der Waals surface area contributed by atoms with E-state index in [1.165, 1.54) is 28.5 Å². The third kappa shape index (κ3) is 1.61. The van der Waals surface area contributed by atoms with Crippen molar-refractivity contribution in [3.05, 3.63) is 52.1 Å². The number of aromatic nitrogens is 2. The number of benzene rings is 2. The van der Waals surface area contributed by atoms with Crippen LogP contribution in [0.3, 0.4) is 0 Å². The second kappa shape index (κ2) is 4.35. The van der Waals surface area contributed by atoms with Crippen molar-refractivity contribution in [2.45, 2.75) is 19.3 Å². The molecule has 100 valence electrons. The zero-order valence-corrected chi connectivity index (χ0v) is 12.5. The van der Waals surface area contributed by atoms with Crippen molar-refractivity contribution in [2.24, 2.45) is 0 Å². The summed E-state index contributed by atoms with van der Waals surface area (Å²) in [6, 6.07) is 12.6. The summed E-state index contributed by atoms with van der Waals surface area (Å²) in [5.41, 5.74) is 9.68. The molecule has 4 heteroatoms. The van der Waals surface area contributed by atoms with Gasteiger partial charge < -0.3 is 5.73 Å². The predicted octanol–water partition coefficient (Wildman–Crippen LogP) is 3.86. The van der Waals surface area contributed by atoms with E-state index in [4.69, 9.17) is 5.73 Å². The van der Waals surface area contributed by atoms with E-state index in [1.54, 1.807) is 0 Å². The Labute approximate surface area is 125 Å². The maximum atomic E-state index is 6.06. The van der Waals surface area contributed by atoms with Gasteiger partial charge in [0.05, 0.1) is 5.69 Å². The van der Waals surface area contributed by atoms with Crippen LogP contribution in [0.1, 0.15) is 17.7 Å². The average molecular weight is 328 g/mol. The van der Waals surface area contributed by atoms with Crippen molar-refractivity contribution in [1.82, 2.24) is 9.78 Å². The van der Waals surface area contributed by atoms with Crippen molar-refractivity contribution in [2.75, 3.05) is 5.73 Å². The normalized spacial score (nSPS) is 13.8. The van der Waals surface area contributed by atoms with E-state index in [0.29, 0.717) is 5.82 Å². The molecular weight excluding hydrogens is 314 g/mol. The lowest BCUT2D eigenvalue weighted by Gasteiger charge is -2.10. The third-order valence-corrected chi connectivity index (χ3v) is 4.73. The highest BCUT2D eigenvalue weighted by Crippen LogP contribution is 2.33. The minimum atomic E-state index is 0.685. The van der Waals surface area contributed by atoms with Gasteiger partial charge in [-0.1, -0.05) is 40.2 Å². The lowest BCUT2D eigenvalue weighted by molar-refractivity contribution is 0.792. The van der Waals surface area contributed by atoms with Crippen molar-refractivity contribution >= 4 is 32.5 Å². The summed E-state index contributed by atoms with van der Waals surface area (Å²) in [5, 5.41) is 6.95. The second-order valence-corrected chi connectivity index (χ2v) is 6.04. The molecule has 1 aliphatic carbocycles. The fourth-order valence-electron chi connectivity index (χ4n) is 3.10. The fraction of sp³-hybridized carbons (Fsp3) is 0.188. The monoisotopic (exact) mass is 327 g/mol. The van der Waals surface area contributed by atoms with Crippen molar-refractivity contribution < 1.29 is 0 Å². The second-order valence-electron chi connectivity index (χ2n) is 5.19. The minimum absolute atomic E-state index is 0.685. The Morgan fingerprint density at radius 1 is 1.05 bits per heavy atom. The molecule has 0 aliphatic heterocycles. The van der Waals surface area contributed by atoms with Crippen molar-refractivity contribution in [3.8, 4) is 5.69 Å². The molecule has 0 unspecified atom stereocenters. The molecule has 0 fully saturated rings. The largest absolute Gasteiger partial charge is 0.382 e. The van der Waals surface area contributed by atoms with Gasteiger partial charge in [-0.25, -0.2) is 4.68 Å². The average Bonchev–Trinajstić information content (AvgIpc) is 3.05. The quantitative estimate of drug-likeness (QED) is 0.737. The molecule has 1 aromatic heterocycles. The zero-order chi connectivity index (χ0) is 13.7. The number of nitrogens with zero attached hydrogens (tertiary/aromatic N) is 2. The third-order valence-electron chi connectivity index (χ3n) is 4.04. The maximum Gasteiger partial charge on any atom is 0.149 e. The first-order valence-corrected chi connectivity index (χ1v) is 7.59. The summed E-state index contributed by atoms with van der Waals surface area (Å²) in [4.78, 5) is 0. The van der Waals surface area contributed by atoms with Gasteiger partial charge in [0.2, 0.25) is 0 Å². The number of nitrogens with two attached hydrogens (primary N) is 1. The Hall–Kier alpha value is -1.81. The Morgan fingerprint density at radius 2 is 1.85 bits per heavy atom. The molecule has 3 aromatic rings. The van der Waals surface area contributed by atoms with E-state index in [1.807, 2.05) is 4.68 Å². The van der Waals surface area contributed by atoms with Gasteiger partial charge in [-0.05, 0) is 36.8 Å². The van der Waals surface area contributed by atoms with Crippen LogP contribution in [0.2, 0.25) is 0 Å². The SMILES string of the molecule is Nc1nn(-c2ccc(Br)c3ccccc23)c2c1CCC2. The first kappa shape index (κ1) is 12.0.